The molecule has 1 aliphatic carbocycles. The molecule has 0 aromatic heterocycles. The predicted octanol–water partition coefficient (Wildman–Crippen LogP) is 0.305. The molecule has 64 valence electrons. The van der Waals surface area contributed by atoms with Gasteiger partial charge in [0.1, 0.15) is 11.6 Å². The molecule has 3 nitrogen and oxygen atoms in total. The van der Waals surface area contributed by atoms with Crippen molar-refractivity contribution < 1.29 is 9.59 Å². The van der Waals surface area contributed by atoms with Gasteiger partial charge < -0.3 is 5.73 Å². The van der Waals surface area contributed by atoms with Crippen molar-refractivity contribution in [2.24, 2.45) is 11.7 Å². The van der Waals surface area contributed by atoms with Crippen LogP contribution in [0.2, 0.25) is 0 Å². The van der Waals surface area contributed by atoms with Gasteiger partial charge >= 0.3 is 0 Å². The molecular formula is C7H12ClNO2. The van der Waals surface area contributed by atoms with Crippen LogP contribution in [0.4, 0.5) is 0 Å². The lowest BCUT2D eigenvalue weighted by Gasteiger charge is -2.17. The molecule has 0 aromatic carbocycles. The number of carbonyl (C=O) groups excluding carboxylic acids is 2. The normalized spacial score (nSPS) is 19.7. The van der Waals surface area contributed by atoms with Crippen LogP contribution < -0.4 is 5.73 Å². The van der Waals surface area contributed by atoms with Crippen LogP contribution in [0, 0.1) is 5.92 Å². The Morgan fingerprint density at radius 3 is 2.09 bits per heavy atom. The van der Waals surface area contributed by atoms with Gasteiger partial charge in [0.15, 0.2) is 0 Å². The predicted molar refractivity (Wildman–Crippen MR) is 43.7 cm³/mol. The molecule has 0 heterocycles. The summed E-state index contributed by atoms with van der Waals surface area (Å²) in [7, 11) is 0. The maximum atomic E-state index is 10.8. The van der Waals surface area contributed by atoms with E-state index >= 15 is 0 Å². The summed E-state index contributed by atoms with van der Waals surface area (Å²) in [5.41, 5.74) is 5.32. The molecule has 0 spiro atoms. The summed E-state index contributed by atoms with van der Waals surface area (Å²) in [5, 5.41) is 0. The Kier molecular flexibility index (Phi) is 4.30. The molecule has 4 heteroatoms. The Morgan fingerprint density at radius 2 is 1.73 bits per heavy atom. The number of hydrogen-bond acceptors (Lipinski definition) is 3. The van der Waals surface area contributed by atoms with E-state index in [1.165, 1.54) is 0 Å². The van der Waals surface area contributed by atoms with Crippen LogP contribution in [0.5, 0.6) is 0 Å². The van der Waals surface area contributed by atoms with Crippen molar-refractivity contribution in [1.82, 2.24) is 0 Å². The number of hydrogen-bond donors (Lipinski definition) is 1. The number of rotatable bonds is 1. The van der Waals surface area contributed by atoms with E-state index in [2.05, 4.69) is 0 Å². The smallest absolute Gasteiger partial charge is 0.140 e. The minimum absolute atomic E-state index is 0. The van der Waals surface area contributed by atoms with Crippen molar-refractivity contribution in [2.45, 2.75) is 19.3 Å². The summed E-state index contributed by atoms with van der Waals surface area (Å²) >= 11 is 0. The van der Waals surface area contributed by atoms with E-state index in [0.29, 0.717) is 19.4 Å². The van der Waals surface area contributed by atoms with Crippen LogP contribution in [0.1, 0.15) is 19.3 Å². The van der Waals surface area contributed by atoms with Crippen molar-refractivity contribution in [1.29, 1.82) is 0 Å². The first-order valence-electron chi connectivity index (χ1n) is 3.46. The maximum absolute atomic E-state index is 10.8. The first-order chi connectivity index (χ1) is 4.72. The minimum Gasteiger partial charge on any atom is -0.330 e. The molecule has 0 aliphatic heterocycles. The Hall–Kier alpha value is -0.410. The first-order valence-corrected chi connectivity index (χ1v) is 3.46. The van der Waals surface area contributed by atoms with Gasteiger partial charge in [-0.05, 0) is 12.5 Å². The molecule has 0 bridgehead atoms. The van der Waals surface area contributed by atoms with Crippen LogP contribution in [-0.4, -0.2) is 18.1 Å². The van der Waals surface area contributed by atoms with Gasteiger partial charge in [0.2, 0.25) is 0 Å². The lowest BCUT2D eigenvalue weighted by atomic mass is 9.88. The second-order valence-electron chi connectivity index (χ2n) is 2.76. The lowest BCUT2D eigenvalue weighted by molar-refractivity contribution is -0.131. The van der Waals surface area contributed by atoms with E-state index in [-0.39, 0.29) is 36.3 Å². The first kappa shape index (κ1) is 10.6. The fraction of sp³-hybridized carbons (Fsp3) is 0.714. The summed E-state index contributed by atoms with van der Waals surface area (Å²) in [4.78, 5) is 21.5. The highest BCUT2D eigenvalue weighted by Crippen LogP contribution is 2.16. The Balaban J connectivity index is 0.000001000. The zero-order valence-corrected chi connectivity index (χ0v) is 7.02. The van der Waals surface area contributed by atoms with E-state index < -0.39 is 0 Å². The van der Waals surface area contributed by atoms with Gasteiger partial charge in [0.25, 0.3) is 0 Å². The van der Waals surface area contributed by atoms with Crippen molar-refractivity contribution >= 4 is 24.0 Å². The number of ketones is 2. The van der Waals surface area contributed by atoms with Crippen molar-refractivity contribution in [2.75, 3.05) is 6.54 Å². The second-order valence-corrected chi connectivity index (χ2v) is 2.76. The number of carbonyl (C=O) groups is 2. The molecule has 0 atom stereocenters. The standard InChI is InChI=1S/C7H11NO2.ClH/c8-4-5-1-6(9)3-7(10)2-5;/h5H,1-4,8H2;1H. The molecule has 1 rings (SSSR count). The zero-order chi connectivity index (χ0) is 7.56. The van der Waals surface area contributed by atoms with Gasteiger partial charge in [-0.2, -0.15) is 0 Å². The number of halogens is 1. The van der Waals surface area contributed by atoms with E-state index in [9.17, 15) is 9.59 Å². The van der Waals surface area contributed by atoms with Gasteiger partial charge in [-0.1, -0.05) is 0 Å². The molecule has 2 N–H and O–H groups in total. The van der Waals surface area contributed by atoms with Gasteiger partial charge in [-0.15, -0.1) is 12.4 Å². The summed E-state index contributed by atoms with van der Waals surface area (Å²) in [6.07, 6.45) is 1.14. The molecule has 11 heavy (non-hydrogen) atoms. The Morgan fingerprint density at radius 1 is 1.27 bits per heavy atom. The van der Waals surface area contributed by atoms with Crippen LogP contribution in [0.25, 0.3) is 0 Å². The summed E-state index contributed by atoms with van der Waals surface area (Å²) in [6, 6.07) is 0. The van der Waals surface area contributed by atoms with E-state index in [1.807, 2.05) is 0 Å². The molecule has 1 aliphatic rings. The third-order valence-corrected chi connectivity index (χ3v) is 1.76. The second kappa shape index (κ2) is 4.46. The summed E-state index contributed by atoms with van der Waals surface area (Å²) in [5.74, 6) is 0.215. The van der Waals surface area contributed by atoms with Crippen LogP contribution in [0.15, 0.2) is 0 Å². The van der Waals surface area contributed by atoms with Crippen molar-refractivity contribution in [3.63, 3.8) is 0 Å². The number of nitrogens with two attached hydrogens (primary N) is 1. The highest BCUT2D eigenvalue weighted by molar-refractivity contribution is 6.01. The molecular weight excluding hydrogens is 166 g/mol. The number of Topliss-reactive ketones (excluding diaryl/α,β-unsaturated/α-hetero) is 2. The van der Waals surface area contributed by atoms with Gasteiger partial charge in [-0.25, -0.2) is 0 Å². The highest BCUT2D eigenvalue weighted by atomic mass is 35.5. The van der Waals surface area contributed by atoms with Crippen molar-refractivity contribution in [3.05, 3.63) is 0 Å². The largest absolute Gasteiger partial charge is 0.330 e. The molecule has 0 aromatic rings. The van der Waals surface area contributed by atoms with E-state index in [1.54, 1.807) is 0 Å². The average molecular weight is 178 g/mol. The lowest BCUT2D eigenvalue weighted by Crippen LogP contribution is -2.27. The SMILES string of the molecule is Cl.NCC1CC(=O)CC(=O)C1. The van der Waals surface area contributed by atoms with Gasteiger partial charge in [-0.3, -0.25) is 9.59 Å². The molecule has 0 radical (unpaired) electrons. The monoisotopic (exact) mass is 177 g/mol. The molecule has 1 saturated carbocycles. The van der Waals surface area contributed by atoms with E-state index in [0.717, 1.165) is 0 Å². The maximum Gasteiger partial charge on any atom is 0.140 e. The van der Waals surface area contributed by atoms with Crippen molar-refractivity contribution in [3.8, 4) is 0 Å². The van der Waals surface area contributed by atoms with Crippen LogP contribution >= 0.6 is 12.4 Å². The third kappa shape index (κ3) is 2.99. The quantitative estimate of drug-likeness (QED) is 0.587. The fourth-order valence-electron chi connectivity index (χ4n) is 1.25. The Labute approximate surface area is 71.7 Å². The minimum atomic E-state index is 0. The topological polar surface area (TPSA) is 60.2 Å². The third-order valence-electron chi connectivity index (χ3n) is 1.76. The molecule has 1 fully saturated rings. The van der Waals surface area contributed by atoms with Gasteiger partial charge in [0.05, 0.1) is 6.42 Å². The van der Waals surface area contributed by atoms with Crippen LogP contribution in [-0.2, 0) is 9.59 Å². The molecule has 0 unspecified atom stereocenters. The highest BCUT2D eigenvalue weighted by Gasteiger charge is 2.23. The summed E-state index contributed by atoms with van der Waals surface area (Å²) in [6.45, 7) is 0.456. The Bertz CT molecular complexity index is 154. The van der Waals surface area contributed by atoms with E-state index in [4.69, 9.17) is 5.73 Å². The van der Waals surface area contributed by atoms with Gasteiger partial charge in [0, 0.05) is 12.8 Å². The molecule has 0 amide bonds. The fourth-order valence-corrected chi connectivity index (χ4v) is 1.25. The zero-order valence-electron chi connectivity index (χ0n) is 6.21. The van der Waals surface area contributed by atoms with Crippen LogP contribution in [0.3, 0.4) is 0 Å². The molecule has 0 saturated heterocycles. The summed E-state index contributed by atoms with van der Waals surface area (Å²) < 4.78 is 0. The average Bonchev–Trinajstić information content (AvgIpc) is 1.85.